The Morgan fingerprint density at radius 3 is 2.64 bits per heavy atom. The van der Waals surface area contributed by atoms with Crippen molar-refractivity contribution in [2.75, 3.05) is 18.7 Å². The van der Waals surface area contributed by atoms with Gasteiger partial charge in [-0.3, -0.25) is 9.13 Å². The summed E-state index contributed by atoms with van der Waals surface area (Å²) in [4.78, 5) is 29.7. The number of fused-ring (bicyclic) bond motifs is 1. The molecule has 0 aliphatic carbocycles. The molecule has 0 aromatic carbocycles. The Labute approximate surface area is 188 Å². The number of rotatable bonds is 4. The quantitative estimate of drug-likeness (QED) is 0.244. The zero-order valence-electron chi connectivity index (χ0n) is 15.6. The summed E-state index contributed by atoms with van der Waals surface area (Å²) in [5, 5.41) is 20.0. The Bertz CT molecular complexity index is 798. The molecule has 0 unspecified atom stereocenters. The summed E-state index contributed by atoms with van der Waals surface area (Å²) >= 11 is 0. The minimum Gasteiger partial charge on any atom is -1.00 e. The fourth-order valence-corrected chi connectivity index (χ4v) is 2.64. The number of hydrogen-bond acceptors (Lipinski definition) is 9. The molecule has 1 saturated heterocycles. The van der Waals surface area contributed by atoms with Crippen LogP contribution in [0.2, 0.25) is 0 Å². The third-order valence-electron chi connectivity index (χ3n) is 3.34. The van der Waals surface area contributed by atoms with Crippen molar-refractivity contribution < 1.29 is 96.0 Å². The number of aliphatic hydroxyl groups is 2. The maximum atomic E-state index is 11.1. The summed E-state index contributed by atoms with van der Waals surface area (Å²) in [5.41, 5.74) is 5.96. The van der Waals surface area contributed by atoms with E-state index in [0.717, 1.165) is 17.2 Å². The second kappa shape index (κ2) is 8.57. The first-order chi connectivity index (χ1) is 10.7. The largest absolute Gasteiger partial charge is 1.00 e. The normalized spacial score (nSPS) is 26.2. The zero-order valence-corrected chi connectivity index (χ0v) is 18.4. The van der Waals surface area contributed by atoms with Gasteiger partial charge < -0.3 is 38.1 Å². The summed E-state index contributed by atoms with van der Waals surface area (Å²) < 4.78 is 22.7. The fourth-order valence-electron chi connectivity index (χ4n) is 2.29. The number of ether oxygens (including phenoxy) is 2. The molecule has 1 aliphatic heterocycles. The molecule has 0 spiro atoms. The van der Waals surface area contributed by atoms with Crippen LogP contribution < -0.4 is 64.8 Å². The van der Waals surface area contributed by atoms with Crippen molar-refractivity contribution in [3.63, 3.8) is 0 Å². The molecule has 0 bridgehead atoms. The Morgan fingerprint density at radius 2 is 2.08 bits per heavy atom. The molecule has 6 N–H and O–H groups in total. The minimum atomic E-state index is -4.56. The number of aromatic nitrogens is 4. The monoisotopic (exact) mass is 395 g/mol. The van der Waals surface area contributed by atoms with E-state index >= 15 is 0 Å². The van der Waals surface area contributed by atoms with E-state index in [4.69, 9.17) is 25.0 Å². The van der Waals surface area contributed by atoms with E-state index in [0.29, 0.717) is 0 Å². The first kappa shape index (κ1) is 23.4. The predicted octanol–water partition coefficient (Wildman–Crippen LogP) is -7.84. The molecule has 3 heterocycles. The van der Waals surface area contributed by atoms with Crippen LogP contribution in [0.15, 0.2) is 12.7 Å². The van der Waals surface area contributed by atoms with Crippen LogP contribution in [-0.2, 0) is 19.9 Å². The molecule has 3 atom stereocenters. The van der Waals surface area contributed by atoms with E-state index in [9.17, 15) is 14.8 Å². The van der Waals surface area contributed by atoms with Gasteiger partial charge in [0.05, 0.1) is 6.61 Å². The Kier molecular flexibility index (Phi) is 8.01. The summed E-state index contributed by atoms with van der Waals surface area (Å²) in [6, 6.07) is 0. The maximum absolute atomic E-state index is 11.1. The average molecular weight is 395 g/mol. The van der Waals surface area contributed by atoms with E-state index in [-0.39, 0.29) is 85.6 Å². The van der Waals surface area contributed by atoms with Gasteiger partial charge in [0.25, 0.3) is 5.91 Å². The summed E-state index contributed by atoms with van der Waals surface area (Å²) in [6.45, 7) is -0.317. The molecule has 2 aromatic rings. The van der Waals surface area contributed by atoms with Gasteiger partial charge in [0.2, 0.25) is 0 Å². The maximum Gasteiger partial charge on any atom is 1.00 e. The molecule has 15 heteroatoms. The number of nitrogen functional groups attached to an aromatic ring is 1. The summed E-state index contributed by atoms with van der Waals surface area (Å²) in [6.07, 6.45) is -1.70. The number of imidazole rings is 1. The molecular weight excluding hydrogens is 379 g/mol. The van der Waals surface area contributed by atoms with Crippen LogP contribution in [0.3, 0.4) is 0 Å². The molecule has 1 aliphatic rings. The molecule has 12 nitrogen and oxygen atoms in total. The molecule has 1 fully saturated rings. The van der Waals surface area contributed by atoms with E-state index in [2.05, 4.69) is 15.0 Å². The van der Waals surface area contributed by atoms with E-state index in [1.807, 2.05) is 0 Å². The molecule has 0 radical (unpaired) electrons. The smallest absolute Gasteiger partial charge is 1.00 e. The molecule has 130 valence electrons. The van der Waals surface area contributed by atoms with Gasteiger partial charge in [-0.2, -0.15) is 0 Å². The van der Waals surface area contributed by atoms with Crippen LogP contribution in [0.4, 0.5) is 5.82 Å². The van der Waals surface area contributed by atoms with E-state index in [1.165, 1.54) is 0 Å². The molecule has 3 rings (SSSR count). The predicted molar refractivity (Wildman–Crippen MR) is 75.9 cm³/mol. The third kappa shape index (κ3) is 4.43. The number of nitrogens with two attached hydrogens (primary N) is 1. The first-order valence-corrected chi connectivity index (χ1v) is 8.17. The van der Waals surface area contributed by atoms with Gasteiger partial charge in [0.15, 0.2) is 23.9 Å². The van der Waals surface area contributed by atoms with E-state index < -0.39 is 32.1 Å². The number of nitrogens with zero attached hydrogens (tertiary/aromatic N) is 4. The number of anilines is 1. The Balaban J connectivity index is 0. The minimum absolute atomic E-state index is 0. The van der Waals surface area contributed by atoms with Gasteiger partial charge >= 0.3 is 66.7 Å². The Hall–Kier alpha value is 0.340. The van der Waals surface area contributed by atoms with Crippen LogP contribution >= 0.6 is 7.60 Å². The van der Waals surface area contributed by atoms with Crippen LogP contribution in [0.1, 0.15) is 2.85 Å². The standard InChI is InChI=1S/C10H14N5O7P.2Na.2H/c11-8-6-9(13-2-12-8)15(3-14-6)10(22-4-23(18,19)20)7(17)5(16)1-21-10;;;;/h2-3,5,7,16-17H,1,4H2,(H2,11,12,13)(H2,18,19,20);;;;/q;2*+1;2*-1/t5-,7-,10+;;;;/m1..../s1. The molecule has 0 saturated carbocycles. The van der Waals surface area contributed by atoms with Crippen LogP contribution in [0.5, 0.6) is 0 Å². The second-order valence-electron chi connectivity index (χ2n) is 4.94. The molecular formula is C10H16N5Na2O7P. The second-order valence-corrected chi connectivity index (χ2v) is 6.53. The SMILES string of the molecule is Nc1ncnc2c1ncn2[C@]1(OCP(=O)(O)O)OC[C@@H](O)[C@H]1O.[H-].[H-].[Na+].[Na+]. The first-order valence-electron chi connectivity index (χ1n) is 6.37. The van der Waals surface area contributed by atoms with Crippen LogP contribution in [0, 0.1) is 0 Å². The molecule has 2 aromatic heterocycles. The zero-order chi connectivity index (χ0) is 16.8. The van der Waals surface area contributed by atoms with Crippen molar-refractivity contribution in [1.82, 2.24) is 19.5 Å². The van der Waals surface area contributed by atoms with Crippen molar-refractivity contribution in [2.45, 2.75) is 18.1 Å². The van der Waals surface area contributed by atoms with Crippen molar-refractivity contribution >= 4 is 24.6 Å². The van der Waals surface area contributed by atoms with Gasteiger partial charge in [0, 0.05) is 0 Å². The average Bonchev–Trinajstić information content (AvgIpc) is 3.02. The van der Waals surface area contributed by atoms with Gasteiger partial charge in [-0.1, -0.05) is 0 Å². The van der Waals surface area contributed by atoms with Crippen molar-refractivity contribution in [2.24, 2.45) is 0 Å². The number of aliphatic hydroxyl groups excluding tert-OH is 2. The van der Waals surface area contributed by atoms with Crippen LogP contribution in [0.25, 0.3) is 11.2 Å². The fraction of sp³-hybridized carbons (Fsp3) is 0.500. The number of hydrogen-bond donors (Lipinski definition) is 5. The summed E-state index contributed by atoms with van der Waals surface area (Å²) in [5.74, 6) is -2.04. The van der Waals surface area contributed by atoms with Gasteiger partial charge in [-0.05, 0) is 0 Å². The molecule has 25 heavy (non-hydrogen) atoms. The van der Waals surface area contributed by atoms with E-state index in [1.54, 1.807) is 0 Å². The van der Waals surface area contributed by atoms with Crippen molar-refractivity contribution in [3.8, 4) is 0 Å². The van der Waals surface area contributed by atoms with Gasteiger partial charge in [0.1, 0.15) is 24.3 Å². The van der Waals surface area contributed by atoms with Crippen LogP contribution in [-0.4, -0.2) is 64.7 Å². The molecule has 0 amide bonds. The van der Waals surface area contributed by atoms with Crippen molar-refractivity contribution in [3.05, 3.63) is 12.7 Å². The topological polar surface area (TPSA) is 186 Å². The third-order valence-corrected chi connectivity index (χ3v) is 3.80. The van der Waals surface area contributed by atoms with Gasteiger partial charge in [-0.25, -0.2) is 15.0 Å². The Morgan fingerprint density at radius 1 is 1.40 bits per heavy atom. The van der Waals surface area contributed by atoms with Gasteiger partial charge in [-0.15, -0.1) is 0 Å². The van der Waals surface area contributed by atoms with Crippen molar-refractivity contribution in [1.29, 1.82) is 0 Å². The summed E-state index contributed by atoms with van der Waals surface area (Å²) in [7, 11) is -4.56.